The number of carbonyl (C=O) groups is 1. The molecule has 0 bridgehead atoms. The monoisotopic (exact) mass is 407 g/mol. The molecular formula is C19H25F4NO4. The van der Waals surface area contributed by atoms with Gasteiger partial charge in [0.1, 0.15) is 18.0 Å². The molecule has 1 saturated heterocycles. The van der Waals surface area contributed by atoms with Crippen molar-refractivity contribution >= 4 is 5.97 Å². The molecule has 0 radical (unpaired) electrons. The van der Waals surface area contributed by atoms with Crippen molar-refractivity contribution < 1.29 is 36.6 Å². The van der Waals surface area contributed by atoms with E-state index in [2.05, 4.69) is 0 Å². The quantitative estimate of drug-likeness (QED) is 0.446. The van der Waals surface area contributed by atoms with E-state index in [-0.39, 0.29) is 38.0 Å². The van der Waals surface area contributed by atoms with Crippen LogP contribution in [0.1, 0.15) is 25.3 Å². The highest BCUT2D eigenvalue weighted by Gasteiger charge is 2.34. The number of rotatable bonds is 6. The van der Waals surface area contributed by atoms with Crippen LogP contribution in [0.4, 0.5) is 17.6 Å². The predicted octanol–water partition coefficient (Wildman–Crippen LogP) is 3.00. The van der Waals surface area contributed by atoms with Crippen LogP contribution in [0.15, 0.2) is 24.3 Å². The smallest absolute Gasteiger partial charge is 0.389 e. The van der Waals surface area contributed by atoms with E-state index < -0.39 is 36.8 Å². The number of halogens is 4. The maximum absolute atomic E-state index is 13.2. The number of hydrogen-bond donors (Lipinski definition) is 1. The first kappa shape index (κ1) is 22.6. The van der Waals surface area contributed by atoms with Crippen LogP contribution in [0.5, 0.6) is 0 Å². The van der Waals surface area contributed by atoms with Crippen molar-refractivity contribution in [1.29, 1.82) is 0 Å². The zero-order valence-electron chi connectivity index (χ0n) is 15.6. The Morgan fingerprint density at radius 3 is 2.54 bits per heavy atom. The van der Waals surface area contributed by atoms with Gasteiger partial charge in [0.05, 0.1) is 19.3 Å². The van der Waals surface area contributed by atoms with E-state index in [9.17, 15) is 22.4 Å². The molecule has 0 unspecified atom stereocenters. The first-order chi connectivity index (χ1) is 13.2. The number of esters is 1. The second-order valence-electron chi connectivity index (χ2n) is 6.93. The molecule has 1 fully saturated rings. The average Bonchev–Trinajstić information content (AvgIpc) is 2.65. The molecule has 9 heteroatoms. The van der Waals surface area contributed by atoms with Crippen molar-refractivity contribution in [3.63, 3.8) is 0 Å². The minimum atomic E-state index is -4.26. The Labute approximate surface area is 161 Å². The van der Waals surface area contributed by atoms with Crippen LogP contribution in [0.25, 0.3) is 0 Å². The number of carbonyl (C=O) groups excluding carboxylic acids is 1. The Bertz CT molecular complexity index is 623. The Balaban J connectivity index is 2.11. The molecule has 1 aliphatic rings. The highest BCUT2D eigenvalue weighted by atomic mass is 19.4. The summed E-state index contributed by atoms with van der Waals surface area (Å²) in [5, 5.41) is 0. The summed E-state index contributed by atoms with van der Waals surface area (Å²) in [6, 6.07) is 4.93. The Hall–Kier alpha value is -1.71. The van der Waals surface area contributed by atoms with Gasteiger partial charge in [0.2, 0.25) is 0 Å². The molecule has 2 rings (SSSR count). The SMILES string of the molecule is C[C@@H]1OC(=O)[C@@H](N)COC[C@H](Cc2ccc(F)cc2)[C@H]1OCCCC(F)(F)F. The molecule has 158 valence electrons. The molecule has 0 amide bonds. The summed E-state index contributed by atoms with van der Waals surface area (Å²) in [6.07, 6.45) is -6.42. The molecule has 1 heterocycles. The summed E-state index contributed by atoms with van der Waals surface area (Å²) in [5.41, 5.74) is 6.51. The van der Waals surface area contributed by atoms with Gasteiger partial charge in [-0.25, -0.2) is 4.39 Å². The number of ether oxygens (including phenoxy) is 3. The predicted molar refractivity (Wildman–Crippen MR) is 93.0 cm³/mol. The minimum absolute atomic E-state index is 0.0355. The van der Waals surface area contributed by atoms with Crippen molar-refractivity contribution in [2.24, 2.45) is 11.7 Å². The lowest BCUT2D eigenvalue weighted by Crippen LogP contribution is -2.42. The Kier molecular flexibility index (Phi) is 8.21. The third kappa shape index (κ3) is 7.37. The maximum atomic E-state index is 13.2. The van der Waals surface area contributed by atoms with Crippen LogP contribution < -0.4 is 5.73 Å². The molecule has 1 aromatic rings. The highest BCUT2D eigenvalue weighted by Crippen LogP contribution is 2.25. The van der Waals surface area contributed by atoms with E-state index in [0.717, 1.165) is 5.56 Å². The summed E-state index contributed by atoms with van der Waals surface area (Å²) in [6.45, 7) is 1.61. The number of nitrogens with two attached hydrogens (primary N) is 1. The zero-order valence-corrected chi connectivity index (χ0v) is 15.6. The standard InChI is InChI=1S/C19H25F4NO4/c1-12-17(27-8-2-7-19(21,22)23)14(9-13-3-5-15(20)6-4-13)10-26-11-16(24)18(25)28-12/h3-6,12,14,16-17H,2,7-11,24H2,1H3/t12-,14-,16-,17-/m0/s1. The van der Waals surface area contributed by atoms with Gasteiger partial charge in [0.25, 0.3) is 0 Å². The molecule has 1 aliphatic heterocycles. The van der Waals surface area contributed by atoms with Crippen LogP contribution in [-0.4, -0.2) is 50.2 Å². The lowest BCUT2D eigenvalue weighted by atomic mass is 9.91. The van der Waals surface area contributed by atoms with Crippen molar-refractivity contribution in [3.05, 3.63) is 35.6 Å². The van der Waals surface area contributed by atoms with Gasteiger partial charge in [-0.2, -0.15) is 13.2 Å². The number of alkyl halides is 3. The second kappa shape index (κ2) is 10.2. The van der Waals surface area contributed by atoms with Gasteiger partial charge in [0.15, 0.2) is 0 Å². The van der Waals surface area contributed by atoms with Crippen molar-refractivity contribution in [2.45, 2.75) is 50.6 Å². The molecule has 5 nitrogen and oxygen atoms in total. The van der Waals surface area contributed by atoms with Crippen LogP contribution in [0.2, 0.25) is 0 Å². The summed E-state index contributed by atoms with van der Waals surface area (Å²) >= 11 is 0. The molecular weight excluding hydrogens is 382 g/mol. The fourth-order valence-corrected chi connectivity index (χ4v) is 3.09. The molecule has 0 aliphatic carbocycles. The fourth-order valence-electron chi connectivity index (χ4n) is 3.09. The average molecular weight is 407 g/mol. The zero-order chi connectivity index (χ0) is 20.7. The molecule has 0 saturated carbocycles. The first-order valence-electron chi connectivity index (χ1n) is 9.12. The van der Waals surface area contributed by atoms with E-state index in [1.165, 1.54) is 12.1 Å². The van der Waals surface area contributed by atoms with Crippen LogP contribution >= 0.6 is 0 Å². The number of benzene rings is 1. The number of cyclic esters (lactones) is 1. The molecule has 1 aromatic carbocycles. The van der Waals surface area contributed by atoms with E-state index in [0.29, 0.717) is 6.42 Å². The summed E-state index contributed by atoms with van der Waals surface area (Å²) in [7, 11) is 0. The van der Waals surface area contributed by atoms with Gasteiger partial charge < -0.3 is 19.9 Å². The largest absolute Gasteiger partial charge is 0.459 e. The van der Waals surface area contributed by atoms with E-state index in [1.54, 1.807) is 19.1 Å². The summed E-state index contributed by atoms with van der Waals surface area (Å²) in [5.74, 6) is -1.34. The topological polar surface area (TPSA) is 70.8 Å². The molecule has 4 atom stereocenters. The normalized spacial score (nSPS) is 26.9. The second-order valence-corrected chi connectivity index (χ2v) is 6.93. The van der Waals surface area contributed by atoms with E-state index in [1.807, 2.05) is 0 Å². The lowest BCUT2D eigenvalue weighted by molar-refractivity contribution is -0.161. The summed E-state index contributed by atoms with van der Waals surface area (Å²) in [4.78, 5) is 12.0. The minimum Gasteiger partial charge on any atom is -0.459 e. The molecule has 2 N–H and O–H groups in total. The van der Waals surface area contributed by atoms with Gasteiger partial charge in [-0.15, -0.1) is 0 Å². The van der Waals surface area contributed by atoms with Crippen LogP contribution in [0.3, 0.4) is 0 Å². The van der Waals surface area contributed by atoms with Gasteiger partial charge in [-0.3, -0.25) is 4.79 Å². The van der Waals surface area contributed by atoms with E-state index >= 15 is 0 Å². The fraction of sp³-hybridized carbons (Fsp3) is 0.632. The maximum Gasteiger partial charge on any atom is 0.389 e. The van der Waals surface area contributed by atoms with Gasteiger partial charge in [0, 0.05) is 18.9 Å². The van der Waals surface area contributed by atoms with Gasteiger partial charge in [-0.1, -0.05) is 12.1 Å². The van der Waals surface area contributed by atoms with Crippen LogP contribution in [-0.2, 0) is 25.4 Å². The molecule has 0 spiro atoms. The molecule has 28 heavy (non-hydrogen) atoms. The third-order valence-electron chi connectivity index (χ3n) is 4.49. The van der Waals surface area contributed by atoms with Gasteiger partial charge in [-0.05, 0) is 37.5 Å². The van der Waals surface area contributed by atoms with Crippen molar-refractivity contribution in [3.8, 4) is 0 Å². The van der Waals surface area contributed by atoms with Crippen molar-refractivity contribution in [1.82, 2.24) is 0 Å². The lowest BCUT2D eigenvalue weighted by Gasteiger charge is -2.31. The third-order valence-corrected chi connectivity index (χ3v) is 4.49. The molecule has 0 aromatic heterocycles. The van der Waals surface area contributed by atoms with Crippen LogP contribution in [0, 0.1) is 11.7 Å². The number of hydrogen-bond acceptors (Lipinski definition) is 5. The highest BCUT2D eigenvalue weighted by molar-refractivity contribution is 5.75. The van der Waals surface area contributed by atoms with E-state index in [4.69, 9.17) is 19.9 Å². The Morgan fingerprint density at radius 2 is 1.89 bits per heavy atom. The van der Waals surface area contributed by atoms with Gasteiger partial charge >= 0.3 is 12.1 Å². The van der Waals surface area contributed by atoms with Crippen molar-refractivity contribution in [2.75, 3.05) is 19.8 Å². The Morgan fingerprint density at radius 1 is 1.21 bits per heavy atom. The first-order valence-corrected chi connectivity index (χ1v) is 9.12. The summed E-state index contributed by atoms with van der Waals surface area (Å²) < 4.78 is 66.8.